The van der Waals surface area contributed by atoms with Crippen molar-refractivity contribution in [2.75, 3.05) is 32.9 Å². The number of amides is 1. The lowest BCUT2D eigenvalue weighted by atomic mass is 9.92. The van der Waals surface area contributed by atoms with Crippen LogP contribution in [0.4, 0.5) is 5.69 Å². The Balaban J connectivity index is 2.71. The molecule has 0 spiro atoms. The van der Waals surface area contributed by atoms with E-state index < -0.39 is 0 Å². The summed E-state index contributed by atoms with van der Waals surface area (Å²) < 4.78 is 0. The van der Waals surface area contributed by atoms with Crippen LogP contribution >= 0.6 is 0 Å². The second-order valence-corrected chi connectivity index (χ2v) is 6.12. The summed E-state index contributed by atoms with van der Waals surface area (Å²) in [6.45, 7) is 7.70. The highest BCUT2D eigenvalue weighted by Crippen LogP contribution is 2.18. The number of anilines is 1. The van der Waals surface area contributed by atoms with Crippen molar-refractivity contribution in [1.29, 1.82) is 0 Å². The van der Waals surface area contributed by atoms with Crippen molar-refractivity contribution in [3.63, 3.8) is 0 Å². The van der Waals surface area contributed by atoms with Crippen LogP contribution in [-0.2, 0) is 0 Å². The first-order chi connectivity index (χ1) is 8.73. The molecule has 1 rings (SSSR count). The number of carbonyl (C=O) groups is 1. The third-order valence-electron chi connectivity index (χ3n) is 3.00. The minimum absolute atomic E-state index is 0.0244. The normalized spacial score (nSPS) is 11.7. The van der Waals surface area contributed by atoms with Gasteiger partial charge in [-0.2, -0.15) is 0 Å². The van der Waals surface area contributed by atoms with Gasteiger partial charge in [0, 0.05) is 18.8 Å². The minimum atomic E-state index is -0.0950. The zero-order valence-electron chi connectivity index (χ0n) is 12.6. The average Bonchev–Trinajstić information content (AvgIpc) is 2.24. The summed E-state index contributed by atoms with van der Waals surface area (Å²) in [6, 6.07) is 5.51. The molecule has 0 bridgehead atoms. The van der Waals surface area contributed by atoms with E-state index in [1.165, 1.54) is 0 Å². The summed E-state index contributed by atoms with van der Waals surface area (Å²) in [7, 11) is 4.06. The largest absolute Gasteiger partial charge is 0.398 e. The van der Waals surface area contributed by atoms with Gasteiger partial charge in [-0.25, -0.2) is 0 Å². The molecule has 0 saturated heterocycles. The molecule has 0 aromatic heterocycles. The lowest BCUT2D eigenvalue weighted by molar-refractivity contribution is 0.0929. The van der Waals surface area contributed by atoms with E-state index >= 15 is 0 Å². The fourth-order valence-corrected chi connectivity index (χ4v) is 2.32. The van der Waals surface area contributed by atoms with Crippen molar-refractivity contribution >= 4 is 11.6 Å². The second kappa shape index (κ2) is 6.06. The summed E-state index contributed by atoms with van der Waals surface area (Å²) >= 11 is 0. The van der Waals surface area contributed by atoms with Crippen LogP contribution in [0, 0.1) is 12.3 Å². The zero-order valence-corrected chi connectivity index (χ0v) is 12.6. The number of nitrogen functional groups attached to an aromatic ring is 1. The number of benzene rings is 1. The molecule has 0 aliphatic heterocycles. The first-order valence-electron chi connectivity index (χ1n) is 6.51. The van der Waals surface area contributed by atoms with Crippen molar-refractivity contribution in [1.82, 2.24) is 10.2 Å². The van der Waals surface area contributed by atoms with Gasteiger partial charge in [0.25, 0.3) is 5.91 Å². The summed E-state index contributed by atoms with van der Waals surface area (Å²) in [4.78, 5) is 14.3. The summed E-state index contributed by atoms with van der Waals surface area (Å²) in [6.07, 6.45) is 0. The molecule has 0 atom stereocenters. The standard InChI is InChI=1S/C15H25N3O/c1-11-7-6-8-12(16)13(11)14(19)17-9-15(2,3)10-18(4)5/h6-8H,9-10,16H2,1-5H3,(H,17,19). The summed E-state index contributed by atoms with van der Waals surface area (Å²) in [5.41, 5.74) is 7.92. The van der Waals surface area contributed by atoms with E-state index in [-0.39, 0.29) is 11.3 Å². The maximum atomic E-state index is 12.2. The Morgan fingerprint density at radius 1 is 1.37 bits per heavy atom. The zero-order chi connectivity index (χ0) is 14.6. The second-order valence-electron chi connectivity index (χ2n) is 6.12. The molecular weight excluding hydrogens is 238 g/mol. The first kappa shape index (κ1) is 15.5. The van der Waals surface area contributed by atoms with Gasteiger partial charge in [-0.3, -0.25) is 4.79 Å². The van der Waals surface area contributed by atoms with Crippen LogP contribution < -0.4 is 11.1 Å². The molecule has 0 aliphatic carbocycles. The highest BCUT2D eigenvalue weighted by Gasteiger charge is 2.21. The Hall–Kier alpha value is -1.55. The molecule has 4 nitrogen and oxygen atoms in total. The quantitative estimate of drug-likeness (QED) is 0.798. The van der Waals surface area contributed by atoms with E-state index in [9.17, 15) is 4.79 Å². The molecular formula is C15H25N3O. The van der Waals surface area contributed by atoms with Gasteiger partial charge in [0.05, 0.1) is 5.56 Å². The SMILES string of the molecule is Cc1cccc(N)c1C(=O)NCC(C)(C)CN(C)C. The maximum absolute atomic E-state index is 12.2. The molecule has 0 saturated carbocycles. The predicted octanol–water partition coefficient (Wildman–Crippen LogP) is 1.89. The Labute approximate surface area is 116 Å². The molecule has 1 aromatic rings. The molecule has 0 unspecified atom stereocenters. The van der Waals surface area contributed by atoms with E-state index in [1.807, 2.05) is 33.2 Å². The Morgan fingerprint density at radius 2 is 2.00 bits per heavy atom. The van der Waals surface area contributed by atoms with Gasteiger partial charge >= 0.3 is 0 Å². The predicted molar refractivity (Wildman–Crippen MR) is 80.3 cm³/mol. The number of nitrogens with zero attached hydrogens (tertiary/aromatic N) is 1. The van der Waals surface area contributed by atoms with Crippen LogP contribution in [0.1, 0.15) is 29.8 Å². The first-order valence-corrected chi connectivity index (χ1v) is 6.51. The van der Waals surface area contributed by atoms with Crippen molar-refractivity contribution in [2.24, 2.45) is 5.41 Å². The van der Waals surface area contributed by atoms with Gasteiger partial charge in [-0.1, -0.05) is 26.0 Å². The number of nitrogens with one attached hydrogen (secondary N) is 1. The Bertz CT molecular complexity index is 432. The highest BCUT2D eigenvalue weighted by molar-refractivity contribution is 6.00. The Kier molecular flexibility index (Phi) is 4.95. The molecule has 0 aliphatic rings. The molecule has 3 N–H and O–H groups in total. The van der Waals surface area contributed by atoms with Crippen LogP contribution in [0.5, 0.6) is 0 Å². The number of rotatable bonds is 5. The van der Waals surface area contributed by atoms with Crippen molar-refractivity contribution in [3.05, 3.63) is 29.3 Å². The molecule has 0 fully saturated rings. The van der Waals surface area contributed by atoms with Crippen molar-refractivity contribution < 1.29 is 4.79 Å². The van der Waals surface area contributed by atoms with Crippen LogP contribution in [0.15, 0.2) is 18.2 Å². The van der Waals surface area contributed by atoms with Gasteiger partial charge in [-0.05, 0) is 38.1 Å². The Morgan fingerprint density at radius 3 is 2.53 bits per heavy atom. The number of nitrogens with two attached hydrogens (primary N) is 1. The van der Waals surface area contributed by atoms with E-state index in [4.69, 9.17) is 5.73 Å². The van der Waals surface area contributed by atoms with Gasteiger partial charge in [0.15, 0.2) is 0 Å². The molecule has 1 aromatic carbocycles. The summed E-state index contributed by atoms with van der Waals surface area (Å²) in [5, 5.41) is 2.98. The van der Waals surface area contributed by atoms with Crippen molar-refractivity contribution in [2.45, 2.75) is 20.8 Å². The molecule has 4 heteroatoms. The molecule has 19 heavy (non-hydrogen) atoms. The van der Waals surface area contributed by atoms with Gasteiger partial charge in [0.2, 0.25) is 0 Å². The topological polar surface area (TPSA) is 58.4 Å². The van der Waals surface area contributed by atoms with Crippen LogP contribution in [0.25, 0.3) is 0 Å². The van der Waals surface area contributed by atoms with Crippen LogP contribution in [0.2, 0.25) is 0 Å². The lowest BCUT2D eigenvalue weighted by Crippen LogP contribution is -2.40. The highest BCUT2D eigenvalue weighted by atomic mass is 16.1. The fraction of sp³-hybridized carbons (Fsp3) is 0.533. The maximum Gasteiger partial charge on any atom is 0.253 e. The van der Waals surface area contributed by atoms with E-state index in [2.05, 4.69) is 24.1 Å². The van der Waals surface area contributed by atoms with Crippen LogP contribution in [-0.4, -0.2) is 38.0 Å². The molecule has 0 radical (unpaired) electrons. The average molecular weight is 263 g/mol. The fourth-order valence-electron chi connectivity index (χ4n) is 2.32. The van der Waals surface area contributed by atoms with Crippen molar-refractivity contribution in [3.8, 4) is 0 Å². The number of hydrogen-bond donors (Lipinski definition) is 2. The number of carbonyl (C=O) groups excluding carboxylic acids is 1. The molecule has 1 amide bonds. The van der Waals surface area contributed by atoms with E-state index in [0.717, 1.165) is 12.1 Å². The summed E-state index contributed by atoms with van der Waals surface area (Å²) in [5.74, 6) is -0.0950. The molecule has 106 valence electrons. The third kappa shape index (κ3) is 4.56. The van der Waals surface area contributed by atoms with Gasteiger partial charge in [-0.15, -0.1) is 0 Å². The third-order valence-corrected chi connectivity index (χ3v) is 3.00. The van der Waals surface area contributed by atoms with Gasteiger partial charge in [0.1, 0.15) is 0 Å². The molecule has 0 heterocycles. The number of aryl methyl sites for hydroxylation is 1. The minimum Gasteiger partial charge on any atom is -0.398 e. The van der Waals surface area contributed by atoms with E-state index in [0.29, 0.717) is 17.8 Å². The van der Waals surface area contributed by atoms with Gasteiger partial charge < -0.3 is 16.0 Å². The monoisotopic (exact) mass is 263 g/mol. The lowest BCUT2D eigenvalue weighted by Gasteiger charge is -2.28. The number of hydrogen-bond acceptors (Lipinski definition) is 3. The van der Waals surface area contributed by atoms with Crippen LogP contribution in [0.3, 0.4) is 0 Å². The smallest absolute Gasteiger partial charge is 0.253 e. The van der Waals surface area contributed by atoms with E-state index in [1.54, 1.807) is 6.07 Å².